The average Bonchev–Trinajstić information content (AvgIpc) is 3.16. The smallest absolute Gasteiger partial charge is 0.293 e. The predicted molar refractivity (Wildman–Crippen MR) is 70.5 cm³/mol. The van der Waals surface area contributed by atoms with Gasteiger partial charge in [-0.3, -0.25) is 0 Å². The summed E-state index contributed by atoms with van der Waals surface area (Å²) in [5.74, 6) is 1.94. The third-order valence-electron chi connectivity index (χ3n) is 2.41. The van der Waals surface area contributed by atoms with Crippen LogP contribution in [0.25, 0.3) is 11.7 Å². The normalized spacial score (nSPS) is 10.3. The van der Waals surface area contributed by atoms with Crippen molar-refractivity contribution in [1.29, 1.82) is 5.26 Å². The zero-order valence-electron chi connectivity index (χ0n) is 10.2. The summed E-state index contributed by atoms with van der Waals surface area (Å²) in [6, 6.07) is 8.96. The van der Waals surface area contributed by atoms with E-state index in [0.717, 1.165) is 5.03 Å². The first-order chi connectivity index (χ1) is 9.85. The van der Waals surface area contributed by atoms with Crippen LogP contribution >= 0.6 is 11.8 Å². The molecule has 0 aliphatic rings. The maximum Gasteiger partial charge on any atom is 0.293 e. The van der Waals surface area contributed by atoms with Crippen LogP contribution in [-0.2, 0) is 5.75 Å². The lowest BCUT2D eigenvalue weighted by atomic mass is 10.3. The first-order valence-electron chi connectivity index (χ1n) is 5.70. The van der Waals surface area contributed by atoms with Crippen LogP contribution in [0.4, 0.5) is 0 Å². The molecule has 0 atom stereocenters. The summed E-state index contributed by atoms with van der Waals surface area (Å²) in [6.45, 7) is 0. The van der Waals surface area contributed by atoms with Gasteiger partial charge < -0.3 is 8.94 Å². The second-order valence-electron chi connectivity index (χ2n) is 3.78. The summed E-state index contributed by atoms with van der Waals surface area (Å²) in [5, 5.41) is 13.4. The second-order valence-corrected chi connectivity index (χ2v) is 4.77. The third-order valence-corrected chi connectivity index (χ3v) is 3.33. The van der Waals surface area contributed by atoms with Gasteiger partial charge in [-0.2, -0.15) is 10.2 Å². The van der Waals surface area contributed by atoms with Crippen molar-refractivity contribution in [3.05, 3.63) is 48.1 Å². The molecule has 20 heavy (non-hydrogen) atoms. The Morgan fingerprint density at radius 1 is 1.35 bits per heavy atom. The molecule has 0 aliphatic heterocycles. The summed E-state index contributed by atoms with van der Waals surface area (Å²) in [6.07, 6.45) is 3.15. The highest BCUT2D eigenvalue weighted by molar-refractivity contribution is 7.98. The number of nitrogens with zero attached hydrogens (tertiary/aromatic N) is 4. The van der Waals surface area contributed by atoms with Crippen molar-refractivity contribution in [2.75, 3.05) is 0 Å². The van der Waals surface area contributed by atoms with Crippen LogP contribution < -0.4 is 0 Å². The van der Waals surface area contributed by atoms with Gasteiger partial charge in [0.15, 0.2) is 11.6 Å². The summed E-state index contributed by atoms with van der Waals surface area (Å²) in [7, 11) is 0. The van der Waals surface area contributed by atoms with Crippen LogP contribution in [0.5, 0.6) is 0 Å². The Morgan fingerprint density at radius 2 is 2.30 bits per heavy atom. The molecule has 7 heteroatoms. The largest absolute Gasteiger partial charge is 0.459 e. The first kappa shape index (κ1) is 12.4. The number of thioether (sulfide) groups is 1. The van der Waals surface area contributed by atoms with E-state index < -0.39 is 0 Å². The maximum atomic E-state index is 8.82. The zero-order valence-corrected chi connectivity index (χ0v) is 11.0. The number of furan rings is 1. The molecule has 0 fully saturated rings. The molecular formula is C13H8N4O2S. The molecule has 0 spiro atoms. The molecule has 0 radical (unpaired) electrons. The van der Waals surface area contributed by atoms with E-state index in [1.807, 2.05) is 0 Å². The number of hydrogen-bond acceptors (Lipinski definition) is 7. The van der Waals surface area contributed by atoms with E-state index in [0.29, 0.717) is 28.8 Å². The highest BCUT2D eigenvalue weighted by Crippen LogP contribution is 2.22. The standard InChI is InChI=1S/C13H8N4O2S/c14-7-9-3-4-15-12(6-9)20-8-11-16-13(19-17-11)10-2-1-5-18-10/h1-6H,8H2. The van der Waals surface area contributed by atoms with Crippen molar-refractivity contribution < 1.29 is 8.94 Å². The van der Waals surface area contributed by atoms with Gasteiger partial charge in [0.25, 0.3) is 5.89 Å². The fourth-order valence-corrected chi connectivity index (χ4v) is 2.25. The number of rotatable bonds is 4. The molecule has 6 nitrogen and oxygen atoms in total. The predicted octanol–water partition coefficient (Wildman–Crippen LogP) is 2.89. The van der Waals surface area contributed by atoms with Gasteiger partial charge in [-0.25, -0.2) is 4.98 Å². The van der Waals surface area contributed by atoms with Crippen molar-refractivity contribution in [3.8, 4) is 17.7 Å². The highest BCUT2D eigenvalue weighted by atomic mass is 32.2. The minimum atomic E-state index is 0.351. The Kier molecular flexibility index (Phi) is 3.48. The van der Waals surface area contributed by atoms with Crippen molar-refractivity contribution in [1.82, 2.24) is 15.1 Å². The fourth-order valence-electron chi connectivity index (χ4n) is 1.51. The Labute approximate surface area is 118 Å². The van der Waals surface area contributed by atoms with Crippen LogP contribution in [0.3, 0.4) is 0 Å². The Hall–Kier alpha value is -2.59. The van der Waals surface area contributed by atoms with Gasteiger partial charge in [0.05, 0.1) is 28.7 Å². The minimum absolute atomic E-state index is 0.351. The first-order valence-corrected chi connectivity index (χ1v) is 6.69. The molecule has 3 rings (SSSR count). The molecule has 0 N–H and O–H groups in total. The minimum Gasteiger partial charge on any atom is -0.459 e. The van der Waals surface area contributed by atoms with Crippen LogP contribution in [0, 0.1) is 11.3 Å². The van der Waals surface area contributed by atoms with Gasteiger partial charge in [-0.05, 0) is 24.3 Å². The average molecular weight is 284 g/mol. The Morgan fingerprint density at radius 3 is 3.10 bits per heavy atom. The van der Waals surface area contributed by atoms with Gasteiger partial charge in [-0.1, -0.05) is 16.9 Å². The number of hydrogen-bond donors (Lipinski definition) is 0. The SMILES string of the molecule is N#Cc1ccnc(SCc2noc(-c3ccco3)n2)c1. The fraction of sp³-hybridized carbons (Fsp3) is 0.0769. The molecule has 0 saturated heterocycles. The van der Waals surface area contributed by atoms with Crippen molar-refractivity contribution in [2.45, 2.75) is 10.8 Å². The van der Waals surface area contributed by atoms with Gasteiger partial charge in [-0.15, -0.1) is 0 Å². The molecule has 0 saturated carbocycles. The van der Waals surface area contributed by atoms with Crippen LogP contribution in [0.1, 0.15) is 11.4 Å². The summed E-state index contributed by atoms with van der Waals surface area (Å²) >= 11 is 1.44. The van der Waals surface area contributed by atoms with E-state index in [1.54, 1.807) is 36.7 Å². The van der Waals surface area contributed by atoms with Crippen molar-refractivity contribution >= 4 is 11.8 Å². The Balaban J connectivity index is 1.68. The number of nitriles is 1. The lowest BCUT2D eigenvalue weighted by molar-refractivity contribution is 0.411. The molecule has 3 aromatic rings. The van der Waals surface area contributed by atoms with Crippen LogP contribution in [-0.4, -0.2) is 15.1 Å². The second kappa shape index (κ2) is 5.59. The molecule has 98 valence electrons. The molecular weight excluding hydrogens is 276 g/mol. The van der Waals surface area contributed by atoms with E-state index in [2.05, 4.69) is 21.2 Å². The van der Waals surface area contributed by atoms with Crippen LogP contribution in [0.15, 0.2) is 50.7 Å². The van der Waals surface area contributed by atoms with Crippen LogP contribution in [0.2, 0.25) is 0 Å². The van der Waals surface area contributed by atoms with Gasteiger partial charge in [0.1, 0.15) is 0 Å². The summed E-state index contributed by atoms with van der Waals surface area (Å²) in [5.41, 5.74) is 0.576. The monoisotopic (exact) mass is 284 g/mol. The molecule has 0 amide bonds. The van der Waals surface area contributed by atoms with Gasteiger partial charge in [0.2, 0.25) is 0 Å². The molecule has 0 aliphatic carbocycles. The van der Waals surface area contributed by atoms with E-state index in [1.165, 1.54) is 11.8 Å². The van der Waals surface area contributed by atoms with Gasteiger partial charge >= 0.3 is 0 Å². The highest BCUT2D eigenvalue weighted by Gasteiger charge is 2.11. The molecule has 0 bridgehead atoms. The zero-order chi connectivity index (χ0) is 13.8. The number of aromatic nitrogens is 3. The van der Waals surface area contributed by atoms with Gasteiger partial charge in [0, 0.05) is 6.20 Å². The molecule has 3 aromatic heterocycles. The number of pyridine rings is 1. The summed E-state index contributed by atoms with van der Waals surface area (Å²) < 4.78 is 10.3. The lowest BCUT2D eigenvalue weighted by Gasteiger charge is -1.97. The van der Waals surface area contributed by atoms with E-state index in [4.69, 9.17) is 14.2 Å². The van der Waals surface area contributed by atoms with E-state index >= 15 is 0 Å². The third kappa shape index (κ3) is 2.70. The Bertz CT molecular complexity index is 746. The molecule has 0 unspecified atom stereocenters. The van der Waals surface area contributed by atoms with Crippen molar-refractivity contribution in [2.24, 2.45) is 0 Å². The summed E-state index contributed by atoms with van der Waals surface area (Å²) in [4.78, 5) is 8.39. The topological polar surface area (TPSA) is 88.7 Å². The molecule has 3 heterocycles. The van der Waals surface area contributed by atoms with Crippen molar-refractivity contribution in [3.63, 3.8) is 0 Å². The lowest BCUT2D eigenvalue weighted by Crippen LogP contribution is -1.86. The van der Waals surface area contributed by atoms with E-state index in [-0.39, 0.29) is 0 Å². The quantitative estimate of drug-likeness (QED) is 0.680. The maximum absolute atomic E-state index is 8.82. The molecule has 0 aromatic carbocycles. The van der Waals surface area contributed by atoms with E-state index in [9.17, 15) is 0 Å².